The molecule has 0 aliphatic carbocycles. The van der Waals surface area contributed by atoms with Crippen LogP contribution in [-0.2, 0) is 6.54 Å². The molecule has 7 heteroatoms. The number of nitrogens with zero attached hydrogens (tertiary/aromatic N) is 5. The largest absolute Gasteiger partial charge is 0.493 e. The number of rotatable bonds is 4. The number of fused-ring (bicyclic) bond motifs is 2. The minimum absolute atomic E-state index is 0.109. The minimum Gasteiger partial charge on any atom is -0.493 e. The van der Waals surface area contributed by atoms with Crippen LogP contribution in [0.5, 0.6) is 5.88 Å². The van der Waals surface area contributed by atoms with Crippen LogP contribution in [-0.4, -0.2) is 19.6 Å². The third-order valence-corrected chi connectivity index (χ3v) is 5.94. The smallest absolute Gasteiger partial charge is 0.220 e. The Kier molecular flexibility index (Phi) is 4.29. The standard InChI is InChI=1S/C22H17N5OS/c1-2-27-17-11-7-6-10-15(17)19(22(27)28)25-26-20-16-12-18(14-8-4-3-5-9-14)29-21(16)24-13-23-20/h3-13,28H,2H2,1H3. The van der Waals surface area contributed by atoms with Crippen LogP contribution in [0.15, 0.2) is 77.2 Å². The van der Waals surface area contributed by atoms with Gasteiger partial charge in [0.15, 0.2) is 11.5 Å². The highest BCUT2D eigenvalue weighted by molar-refractivity contribution is 7.21. The third-order valence-electron chi connectivity index (χ3n) is 4.85. The molecule has 5 rings (SSSR count). The number of azo groups is 1. The number of benzene rings is 2. The van der Waals surface area contributed by atoms with Crippen molar-refractivity contribution in [3.63, 3.8) is 0 Å². The molecular weight excluding hydrogens is 382 g/mol. The Bertz CT molecular complexity index is 1350. The summed E-state index contributed by atoms with van der Waals surface area (Å²) in [6, 6.07) is 20.0. The van der Waals surface area contributed by atoms with Gasteiger partial charge in [0.05, 0.1) is 10.9 Å². The van der Waals surface area contributed by atoms with E-state index in [4.69, 9.17) is 0 Å². The molecule has 0 bridgehead atoms. The number of aromatic hydroxyl groups is 1. The van der Waals surface area contributed by atoms with Crippen LogP contribution in [0.1, 0.15) is 6.92 Å². The van der Waals surface area contributed by atoms with Crippen molar-refractivity contribution in [3.8, 4) is 16.3 Å². The number of aromatic nitrogens is 3. The molecule has 0 fully saturated rings. The molecule has 3 aromatic heterocycles. The van der Waals surface area contributed by atoms with Gasteiger partial charge >= 0.3 is 0 Å². The molecule has 0 radical (unpaired) electrons. The Labute approximate surface area is 170 Å². The zero-order valence-corrected chi connectivity index (χ0v) is 16.5. The summed E-state index contributed by atoms with van der Waals surface area (Å²) in [5.41, 5.74) is 2.51. The van der Waals surface area contributed by atoms with Crippen molar-refractivity contribution in [1.82, 2.24) is 14.5 Å². The molecule has 0 atom stereocenters. The number of para-hydroxylation sites is 1. The maximum absolute atomic E-state index is 10.6. The summed E-state index contributed by atoms with van der Waals surface area (Å²) in [6.45, 7) is 2.63. The maximum Gasteiger partial charge on any atom is 0.220 e. The van der Waals surface area contributed by atoms with Crippen LogP contribution in [0.2, 0.25) is 0 Å². The summed E-state index contributed by atoms with van der Waals surface area (Å²) in [5.74, 6) is 0.596. The van der Waals surface area contributed by atoms with E-state index < -0.39 is 0 Å². The van der Waals surface area contributed by atoms with Crippen LogP contribution in [0.4, 0.5) is 11.5 Å². The molecule has 1 N–H and O–H groups in total. The van der Waals surface area contributed by atoms with Crippen LogP contribution in [0.3, 0.4) is 0 Å². The van der Waals surface area contributed by atoms with E-state index in [-0.39, 0.29) is 5.88 Å². The highest BCUT2D eigenvalue weighted by atomic mass is 32.1. The fraction of sp³-hybridized carbons (Fsp3) is 0.0909. The van der Waals surface area contributed by atoms with Crippen molar-refractivity contribution >= 4 is 44.0 Å². The molecule has 0 aliphatic rings. The Balaban J connectivity index is 1.61. The van der Waals surface area contributed by atoms with E-state index in [0.29, 0.717) is 18.1 Å². The second-order valence-corrected chi connectivity index (χ2v) is 7.56. The summed E-state index contributed by atoms with van der Waals surface area (Å²) in [4.78, 5) is 10.6. The SMILES string of the molecule is CCn1c(O)c(N=Nc2ncnc3sc(-c4ccccc4)cc23)c2ccccc21. The number of thiophene rings is 1. The van der Waals surface area contributed by atoms with Gasteiger partial charge in [-0.1, -0.05) is 48.5 Å². The van der Waals surface area contributed by atoms with E-state index in [1.165, 1.54) is 6.33 Å². The summed E-state index contributed by atoms with van der Waals surface area (Å²) in [6.07, 6.45) is 1.50. The summed E-state index contributed by atoms with van der Waals surface area (Å²) < 4.78 is 1.82. The van der Waals surface area contributed by atoms with Gasteiger partial charge in [-0.15, -0.1) is 21.6 Å². The molecule has 5 aromatic rings. The normalized spacial score (nSPS) is 11.8. The third kappa shape index (κ3) is 2.96. The topological polar surface area (TPSA) is 75.7 Å². The van der Waals surface area contributed by atoms with Gasteiger partial charge in [0.25, 0.3) is 0 Å². The van der Waals surface area contributed by atoms with Crippen molar-refractivity contribution in [3.05, 3.63) is 67.0 Å². The van der Waals surface area contributed by atoms with Gasteiger partial charge in [-0.3, -0.25) is 0 Å². The molecule has 0 unspecified atom stereocenters. The van der Waals surface area contributed by atoms with Crippen molar-refractivity contribution in [1.29, 1.82) is 0 Å². The first-order valence-electron chi connectivity index (χ1n) is 9.28. The first-order chi connectivity index (χ1) is 14.3. The lowest BCUT2D eigenvalue weighted by atomic mass is 10.2. The Morgan fingerprint density at radius 1 is 0.966 bits per heavy atom. The minimum atomic E-state index is 0.109. The Morgan fingerprint density at radius 2 is 1.76 bits per heavy atom. The fourth-order valence-electron chi connectivity index (χ4n) is 3.46. The van der Waals surface area contributed by atoms with Gasteiger partial charge in [-0.2, -0.15) is 0 Å². The van der Waals surface area contributed by atoms with Crippen molar-refractivity contribution in [2.24, 2.45) is 10.2 Å². The van der Waals surface area contributed by atoms with Crippen LogP contribution in [0, 0.1) is 0 Å². The Hall–Kier alpha value is -3.58. The molecule has 0 amide bonds. The van der Waals surface area contributed by atoms with Crippen molar-refractivity contribution in [2.45, 2.75) is 13.5 Å². The molecule has 142 valence electrons. The second-order valence-electron chi connectivity index (χ2n) is 6.53. The zero-order chi connectivity index (χ0) is 19.8. The molecule has 0 saturated carbocycles. The van der Waals surface area contributed by atoms with Gasteiger partial charge in [0, 0.05) is 16.8 Å². The van der Waals surface area contributed by atoms with Crippen LogP contribution < -0.4 is 0 Å². The second kappa shape index (κ2) is 7.10. The molecule has 0 spiro atoms. The molecule has 3 heterocycles. The van der Waals surface area contributed by atoms with E-state index in [0.717, 1.165) is 31.6 Å². The maximum atomic E-state index is 10.6. The van der Waals surface area contributed by atoms with E-state index in [1.54, 1.807) is 11.3 Å². The summed E-state index contributed by atoms with van der Waals surface area (Å²) >= 11 is 1.59. The van der Waals surface area contributed by atoms with Gasteiger partial charge in [0.2, 0.25) is 5.88 Å². The fourth-order valence-corrected chi connectivity index (χ4v) is 4.45. The monoisotopic (exact) mass is 399 g/mol. The van der Waals surface area contributed by atoms with Crippen molar-refractivity contribution in [2.75, 3.05) is 0 Å². The predicted octanol–water partition coefficient (Wildman–Crippen LogP) is 6.45. The zero-order valence-electron chi connectivity index (χ0n) is 15.6. The highest BCUT2D eigenvalue weighted by Gasteiger charge is 2.16. The van der Waals surface area contributed by atoms with Gasteiger partial charge in [0.1, 0.15) is 11.2 Å². The molecule has 29 heavy (non-hydrogen) atoms. The molecular formula is C22H17N5OS. The van der Waals surface area contributed by atoms with E-state index in [2.05, 4.69) is 32.3 Å². The van der Waals surface area contributed by atoms with Gasteiger partial charge in [-0.25, -0.2) is 9.97 Å². The lowest BCUT2D eigenvalue weighted by molar-refractivity contribution is 0.427. The molecule has 6 nitrogen and oxygen atoms in total. The first-order valence-corrected chi connectivity index (χ1v) is 10.1. The highest BCUT2D eigenvalue weighted by Crippen LogP contribution is 2.40. The molecule has 0 saturated heterocycles. The quantitative estimate of drug-likeness (QED) is 0.353. The first kappa shape index (κ1) is 17.5. The van der Waals surface area contributed by atoms with E-state index in [1.807, 2.05) is 60.0 Å². The van der Waals surface area contributed by atoms with Crippen molar-refractivity contribution < 1.29 is 5.11 Å². The predicted molar refractivity (Wildman–Crippen MR) is 116 cm³/mol. The van der Waals surface area contributed by atoms with E-state index >= 15 is 0 Å². The van der Waals surface area contributed by atoms with Crippen LogP contribution >= 0.6 is 11.3 Å². The molecule has 0 aliphatic heterocycles. The lowest BCUT2D eigenvalue weighted by Gasteiger charge is -2.00. The Morgan fingerprint density at radius 3 is 2.59 bits per heavy atom. The van der Waals surface area contributed by atoms with Gasteiger partial charge in [-0.05, 0) is 24.6 Å². The van der Waals surface area contributed by atoms with Crippen LogP contribution in [0.25, 0.3) is 31.6 Å². The average molecular weight is 399 g/mol. The lowest BCUT2D eigenvalue weighted by Crippen LogP contribution is -1.91. The number of hydrogen-bond donors (Lipinski definition) is 1. The summed E-state index contributed by atoms with van der Waals surface area (Å²) in [5, 5.41) is 21.1. The number of aryl methyl sites for hydroxylation is 1. The van der Waals surface area contributed by atoms with E-state index in [9.17, 15) is 5.11 Å². The average Bonchev–Trinajstić information content (AvgIpc) is 3.32. The number of hydrogen-bond acceptors (Lipinski definition) is 6. The van der Waals surface area contributed by atoms with Gasteiger partial charge < -0.3 is 9.67 Å². The summed E-state index contributed by atoms with van der Waals surface area (Å²) in [7, 11) is 0. The molecule has 2 aromatic carbocycles.